The molecule has 1 aromatic carbocycles. The average molecular weight is 442 g/mol. The van der Waals surface area contributed by atoms with Gasteiger partial charge in [-0.3, -0.25) is 0 Å². The van der Waals surface area contributed by atoms with Crippen LogP contribution in [0, 0.1) is 5.41 Å². The number of dihydropyridines is 1. The minimum atomic E-state index is -1.19. The summed E-state index contributed by atoms with van der Waals surface area (Å²) in [4.78, 5) is 24.3. The molecule has 0 unspecified atom stereocenters. The van der Waals surface area contributed by atoms with Crippen molar-refractivity contribution in [2.45, 2.75) is 53.0 Å². The molecule has 0 radical (unpaired) electrons. The predicted molar refractivity (Wildman–Crippen MR) is 131 cm³/mol. The van der Waals surface area contributed by atoms with Crippen molar-refractivity contribution < 1.29 is 9.53 Å². The fourth-order valence-corrected chi connectivity index (χ4v) is 6.02. The highest BCUT2D eigenvalue weighted by Gasteiger charge is 2.66. The lowest BCUT2D eigenvalue weighted by Crippen LogP contribution is -2.67. The van der Waals surface area contributed by atoms with Crippen molar-refractivity contribution in [1.82, 2.24) is 9.80 Å². The number of fused-ring (bicyclic) bond motifs is 1. The van der Waals surface area contributed by atoms with E-state index in [1.54, 1.807) is 0 Å². The van der Waals surface area contributed by atoms with E-state index in [0.717, 1.165) is 53.7 Å². The number of nitrogens with zero attached hydrogens (tertiary/aromatic N) is 3. The van der Waals surface area contributed by atoms with Gasteiger partial charge in [-0.15, -0.1) is 0 Å². The number of carbonyl (C=O) groups is 1. The van der Waals surface area contributed by atoms with Crippen LogP contribution in [0.3, 0.4) is 0 Å². The van der Waals surface area contributed by atoms with Crippen LogP contribution in [0.2, 0.25) is 0 Å². The first-order chi connectivity index (χ1) is 14.8. The minimum absolute atomic E-state index is 0.347. The molecule has 2 bridgehead atoms. The number of hydrogen-bond acceptors (Lipinski definition) is 6. The second-order valence-electron chi connectivity index (χ2n) is 8.34. The van der Waals surface area contributed by atoms with Gasteiger partial charge in [-0.05, 0) is 52.7 Å². The van der Waals surface area contributed by atoms with E-state index in [9.17, 15) is 4.79 Å². The molecule has 2 heterocycles. The third-order valence-electron chi connectivity index (χ3n) is 7.07. The average Bonchev–Trinajstić information content (AvgIpc) is 2.79. The van der Waals surface area contributed by atoms with E-state index in [4.69, 9.17) is 21.9 Å². The number of methoxy groups -OCH3 is 1. The Morgan fingerprint density at radius 3 is 2.10 bits per heavy atom. The zero-order valence-corrected chi connectivity index (χ0v) is 20.7. The third kappa shape index (κ3) is 3.13. The van der Waals surface area contributed by atoms with Crippen LogP contribution in [0.15, 0.2) is 46.6 Å². The van der Waals surface area contributed by atoms with Gasteiger partial charge in [0.15, 0.2) is 5.54 Å². The Morgan fingerprint density at radius 2 is 1.61 bits per heavy atom. The zero-order valence-electron chi connectivity index (χ0n) is 19.9. The number of esters is 1. The van der Waals surface area contributed by atoms with Gasteiger partial charge in [-0.2, -0.15) is 0 Å². The van der Waals surface area contributed by atoms with E-state index < -0.39 is 11.0 Å². The fourth-order valence-electron chi connectivity index (χ4n) is 5.52. The van der Waals surface area contributed by atoms with Crippen LogP contribution < -0.4 is 0 Å². The Labute approximate surface area is 192 Å². The smallest absolute Gasteiger partial charge is 0.339 e. The first-order valence-corrected chi connectivity index (χ1v) is 11.7. The Balaban J connectivity index is 2.46. The standard InChI is InChI=1S/C25H35N3O2S/c1-8-27(9-2)20-17(5)25(23(29)30-7)19(18-15-13-12-14-16-18)21(31)24(20,6)22(26-25)28(10-3)11-4/h12-16,19H,8-11H2,1-7H3/t19-,24-,25+/m0/s1. The molecule has 6 heteroatoms. The molecule has 0 amide bonds. The minimum Gasteiger partial charge on any atom is -0.467 e. The molecule has 3 aliphatic rings. The topological polar surface area (TPSA) is 45.1 Å². The lowest BCUT2D eigenvalue weighted by atomic mass is 9.56. The Hall–Kier alpha value is -2.21. The van der Waals surface area contributed by atoms with E-state index in [1.807, 2.05) is 37.3 Å². The predicted octanol–water partition coefficient (Wildman–Crippen LogP) is 4.44. The monoisotopic (exact) mass is 441 g/mol. The molecule has 168 valence electrons. The van der Waals surface area contributed by atoms with Crippen molar-refractivity contribution in [3.05, 3.63) is 47.2 Å². The van der Waals surface area contributed by atoms with Crippen LogP contribution in [0.25, 0.3) is 0 Å². The van der Waals surface area contributed by atoms with Gasteiger partial charge in [-0.1, -0.05) is 42.5 Å². The van der Waals surface area contributed by atoms with Crippen molar-refractivity contribution in [1.29, 1.82) is 0 Å². The summed E-state index contributed by atoms with van der Waals surface area (Å²) >= 11 is 6.27. The van der Waals surface area contributed by atoms with Gasteiger partial charge in [0.25, 0.3) is 0 Å². The number of carbonyl (C=O) groups excluding carboxylic acids is 1. The molecule has 0 N–H and O–H groups in total. The maximum absolute atomic E-state index is 13.6. The molecule has 0 saturated carbocycles. The van der Waals surface area contributed by atoms with E-state index >= 15 is 0 Å². The van der Waals surface area contributed by atoms with Crippen LogP contribution in [0.4, 0.5) is 0 Å². The first kappa shape index (κ1) is 23.5. The van der Waals surface area contributed by atoms with Crippen molar-refractivity contribution in [3.63, 3.8) is 0 Å². The molecular formula is C25H35N3O2S. The van der Waals surface area contributed by atoms with Crippen LogP contribution in [-0.2, 0) is 9.53 Å². The van der Waals surface area contributed by atoms with Gasteiger partial charge in [0.05, 0.1) is 18.4 Å². The molecule has 1 aliphatic carbocycles. The van der Waals surface area contributed by atoms with Crippen molar-refractivity contribution >= 4 is 28.9 Å². The molecule has 31 heavy (non-hydrogen) atoms. The highest BCUT2D eigenvalue weighted by atomic mass is 32.1. The molecule has 0 saturated heterocycles. The third-order valence-corrected chi connectivity index (χ3v) is 7.72. The van der Waals surface area contributed by atoms with Crippen LogP contribution >= 0.6 is 12.2 Å². The number of hydrogen-bond donors (Lipinski definition) is 0. The number of thiocarbonyl (C=S) groups is 1. The van der Waals surface area contributed by atoms with Gasteiger partial charge < -0.3 is 14.5 Å². The molecule has 4 rings (SSSR count). The highest BCUT2D eigenvalue weighted by Crippen LogP contribution is 2.58. The van der Waals surface area contributed by atoms with Gasteiger partial charge in [0, 0.05) is 36.7 Å². The number of ether oxygens (including phenoxy) is 1. The van der Waals surface area contributed by atoms with Gasteiger partial charge in [-0.25, -0.2) is 9.79 Å². The second-order valence-corrected chi connectivity index (χ2v) is 8.78. The number of benzene rings is 1. The lowest BCUT2D eigenvalue weighted by Gasteiger charge is -2.58. The summed E-state index contributed by atoms with van der Waals surface area (Å²) in [5.41, 5.74) is 1.31. The Kier molecular flexibility index (Phi) is 6.61. The quantitative estimate of drug-likeness (QED) is 0.462. The normalized spacial score (nSPS) is 27.3. The van der Waals surface area contributed by atoms with Crippen LogP contribution in [-0.4, -0.2) is 65.3 Å². The molecule has 2 aliphatic heterocycles. The Bertz CT molecular complexity index is 918. The zero-order chi connectivity index (χ0) is 23.0. The van der Waals surface area contributed by atoms with Gasteiger partial charge in [0.1, 0.15) is 5.84 Å². The summed E-state index contributed by atoms with van der Waals surface area (Å²) < 4.78 is 5.43. The molecule has 3 atom stereocenters. The second kappa shape index (κ2) is 8.73. The van der Waals surface area contributed by atoms with Crippen molar-refractivity contribution in [2.24, 2.45) is 10.4 Å². The largest absolute Gasteiger partial charge is 0.467 e. The molecule has 0 aromatic heterocycles. The first-order valence-electron chi connectivity index (χ1n) is 11.3. The highest BCUT2D eigenvalue weighted by molar-refractivity contribution is 7.80. The SMILES string of the molecule is CCN(CC)C1=N[C@]2(C(=O)OC)C(C)=C(N(CC)CC)[C@@]1(C)C(=S)[C@@H]2c1ccccc1. The molecule has 0 spiro atoms. The van der Waals surface area contributed by atoms with Gasteiger partial charge >= 0.3 is 5.97 Å². The van der Waals surface area contributed by atoms with E-state index in [2.05, 4.69) is 44.4 Å². The molecule has 5 nitrogen and oxygen atoms in total. The van der Waals surface area contributed by atoms with Crippen LogP contribution in [0.5, 0.6) is 0 Å². The summed E-state index contributed by atoms with van der Waals surface area (Å²) in [5, 5.41) is 0. The summed E-state index contributed by atoms with van der Waals surface area (Å²) in [7, 11) is 1.45. The van der Waals surface area contributed by atoms with Crippen molar-refractivity contribution in [3.8, 4) is 0 Å². The van der Waals surface area contributed by atoms with Crippen LogP contribution in [0.1, 0.15) is 53.0 Å². The molecule has 0 fully saturated rings. The maximum atomic E-state index is 13.6. The van der Waals surface area contributed by atoms with E-state index in [1.165, 1.54) is 7.11 Å². The number of aliphatic imine (C=N–C) groups is 1. The summed E-state index contributed by atoms with van der Waals surface area (Å²) in [6.07, 6.45) is 0. The summed E-state index contributed by atoms with van der Waals surface area (Å²) in [6, 6.07) is 10.1. The Morgan fingerprint density at radius 1 is 1.06 bits per heavy atom. The number of amidine groups is 1. The molecular weight excluding hydrogens is 406 g/mol. The number of rotatable bonds is 7. The van der Waals surface area contributed by atoms with E-state index in [0.29, 0.717) is 0 Å². The van der Waals surface area contributed by atoms with Gasteiger partial charge in [0.2, 0.25) is 0 Å². The summed E-state index contributed by atoms with van der Waals surface area (Å²) in [6.45, 7) is 16.0. The molecule has 1 aromatic rings. The fraction of sp³-hybridized carbons (Fsp3) is 0.560. The van der Waals surface area contributed by atoms with Crippen molar-refractivity contribution in [2.75, 3.05) is 33.3 Å². The maximum Gasteiger partial charge on any atom is 0.339 e. The summed E-state index contributed by atoms with van der Waals surface area (Å²) in [5.74, 6) is 0.185. The lowest BCUT2D eigenvalue weighted by molar-refractivity contribution is -0.146. The van der Waals surface area contributed by atoms with E-state index in [-0.39, 0.29) is 11.9 Å².